The van der Waals surface area contributed by atoms with Gasteiger partial charge in [-0.3, -0.25) is 4.79 Å². The third-order valence-corrected chi connectivity index (χ3v) is 3.23. The zero-order chi connectivity index (χ0) is 13.0. The number of nitrogens with zero attached hydrogens (tertiary/aromatic N) is 2. The maximum atomic E-state index is 11.9. The van der Waals surface area contributed by atoms with Crippen molar-refractivity contribution in [1.82, 2.24) is 10.3 Å². The molecule has 2 heterocycles. The molecule has 4 N–H and O–H groups in total. The van der Waals surface area contributed by atoms with Crippen LogP contribution in [0.2, 0.25) is 0 Å². The summed E-state index contributed by atoms with van der Waals surface area (Å²) in [5.41, 5.74) is 2.53. The molecular weight excluding hydrogens is 230 g/mol. The van der Waals surface area contributed by atoms with Gasteiger partial charge in [-0.05, 0) is 31.4 Å². The van der Waals surface area contributed by atoms with Crippen LogP contribution in [0.15, 0.2) is 18.2 Å². The van der Waals surface area contributed by atoms with Gasteiger partial charge in [0.05, 0.1) is 0 Å². The zero-order valence-corrected chi connectivity index (χ0v) is 10.5. The Kier molecular flexibility index (Phi) is 3.99. The molecule has 18 heavy (non-hydrogen) atoms. The smallest absolute Gasteiger partial charge is 0.242 e. The van der Waals surface area contributed by atoms with Crippen molar-refractivity contribution in [2.45, 2.75) is 25.3 Å². The average Bonchev–Trinajstić information content (AvgIpc) is 2.46. The number of nitrogens with one attached hydrogen (secondary N) is 2. The number of amides is 1. The van der Waals surface area contributed by atoms with Crippen molar-refractivity contribution < 1.29 is 4.79 Å². The van der Waals surface area contributed by atoms with Gasteiger partial charge >= 0.3 is 0 Å². The SMILES string of the molecule is CNC(=O)C1CCCCN1c1cccc(NN)n1. The number of nitrogens with two attached hydrogens (primary N) is 1. The summed E-state index contributed by atoms with van der Waals surface area (Å²) in [5, 5.41) is 2.71. The number of rotatable bonds is 3. The molecule has 1 saturated heterocycles. The monoisotopic (exact) mass is 249 g/mol. The Morgan fingerprint density at radius 1 is 1.50 bits per heavy atom. The molecule has 1 aliphatic heterocycles. The minimum atomic E-state index is -0.135. The van der Waals surface area contributed by atoms with Crippen LogP contribution in [-0.2, 0) is 4.79 Å². The summed E-state index contributed by atoms with van der Waals surface area (Å²) in [7, 11) is 1.67. The van der Waals surface area contributed by atoms with Crippen LogP contribution in [0.1, 0.15) is 19.3 Å². The van der Waals surface area contributed by atoms with E-state index in [0.717, 1.165) is 31.6 Å². The van der Waals surface area contributed by atoms with Crippen molar-refractivity contribution in [2.75, 3.05) is 23.9 Å². The molecule has 1 aliphatic rings. The summed E-state index contributed by atoms with van der Waals surface area (Å²) in [6.45, 7) is 0.846. The number of likely N-dealkylation sites (N-methyl/N-ethyl adjacent to an activating group) is 1. The lowest BCUT2D eigenvalue weighted by Gasteiger charge is -2.35. The van der Waals surface area contributed by atoms with E-state index >= 15 is 0 Å². The highest BCUT2D eigenvalue weighted by atomic mass is 16.2. The molecule has 6 nitrogen and oxygen atoms in total. The molecule has 1 amide bonds. The first-order chi connectivity index (χ1) is 8.76. The van der Waals surface area contributed by atoms with Crippen molar-refractivity contribution in [3.8, 4) is 0 Å². The number of carbonyl (C=O) groups is 1. The number of pyridine rings is 1. The summed E-state index contributed by atoms with van der Waals surface area (Å²) in [4.78, 5) is 18.3. The Morgan fingerprint density at radius 2 is 2.33 bits per heavy atom. The lowest BCUT2D eigenvalue weighted by atomic mass is 10.0. The predicted molar refractivity (Wildman–Crippen MR) is 71.1 cm³/mol. The normalized spacial score (nSPS) is 19.4. The van der Waals surface area contributed by atoms with Gasteiger partial charge in [0.1, 0.15) is 17.7 Å². The number of anilines is 2. The summed E-state index contributed by atoms with van der Waals surface area (Å²) >= 11 is 0. The van der Waals surface area contributed by atoms with E-state index in [1.54, 1.807) is 13.1 Å². The van der Waals surface area contributed by atoms with E-state index < -0.39 is 0 Å². The number of aromatic nitrogens is 1. The molecule has 0 spiro atoms. The number of hydrogen-bond donors (Lipinski definition) is 3. The van der Waals surface area contributed by atoms with E-state index in [2.05, 4.69) is 15.7 Å². The Labute approximate surface area is 107 Å². The van der Waals surface area contributed by atoms with E-state index in [4.69, 9.17) is 5.84 Å². The third kappa shape index (κ3) is 2.53. The van der Waals surface area contributed by atoms with Crippen molar-refractivity contribution >= 4 is 17.5 Å². The molecule has 1 unspecified atom stereocenters. The van der Waals surface area contributed by atoms with E-state index in [9.17, 15) is 4.79 Å². The van der Waals surface area contributed by atoms with Gasteiger partial charge in [0.25, 0.3) is 0 Å². The molecule has 0 aliphatic carbocycles. The number of carbonyl (C=O) groups excluding carboxylic acids is 1. The fourth-order valence-corrected chi connectivity index (χ4v) is 2.31. The van der Waals surface area contributed by atoms with Gasteiger partial charge in [0.2, 0.25) is 5.91 Å². The average molecular weight is 249 g/mol. The zero-order valence-electron chi connectivity index (χ0n) is 10.5. The van der Waals surface area contributed by atoms with Gasteiger partial charge < -0.3 is 15.6 Å². The second kappa shape index (κ2) is 5.68. The molecule has 0 bridgehead atoms. The standard InChI is InChI=1S/C12H19N5O/c1-14-12(18)9-5-2-3-8-17(9)11-7-4-6-10(15-11)16-13/h4,6-7,9H,2-3,5,8,13H2,1H3,(H,14,18)(H,15,16). The molecular formula is C12H19N5O. The van der Waals surface area contributed by atoms with Crippen molar-refractivity contribution in [3.05, 3.63) is 18.2 Å². The molecule has 98 valence electrons. The molecule has 0 aromatic carbocycles. The number of hydrazine groups is 1. The molecule has 1 aromatic heterocycles. The number of piperidine rings is 1. The largest absolute Gasteiger partial charge is 0.357 e. The molecule has 0 saturated carbocycles. The first kappa shape index (κ1) is 12.6. The maximum Gasteiger partial charge on any atom is 0.242 e. The number of nitrogen functional groups attached to an aromatic ring is 1. The highest BCUT2D eigenvalue weighted by molar-refractivity contribution is 5.85. The minimum Gasteiger partial charge on any atom is -0.357 e. The van der Waals surface area contributed by atoms with E-state index in [0.29, 0.717) is 5.82 Å². The van der Waals surface area contributed by atoms with E-state index in [1.807, 2.05) is 17.0 Å². The molecule has 2 rings (SSSR count). The van der Waals surface area contributed by atoms with E-state index in [-0.39, 0.29) is 11.9 Å². The first-order valence-corrected chi connectivity index (χ1v) is 6.18. The molecule has 0 radical (unpaired) electrons. The Bertz CT molecular complexity index is 423. The van der Waals surface area contributed by atoms with Gasteiger partial charge in [-0.2, -0.15) is 0 Å². The second-order valence-corrected chi connectivity index (χ2v) is 4.34. The highest BCUT2D eigenvalue weighted by Gasteiger charge is 2.28. The van der Waals surface area contributed by atoms with Gasteiger partial charge in [-0.1, -0.05) is 6.07 Å². The Balaban J connectivity index is 2.24. The number of hydrogen-bond acceptors (Lipinski definition) is 5. The van der Waals surface area contributed by atoms with Crippen molar-refractivity contribution in [1.29, 1.82) is 0 Å². The van der Waals surface area contributed by atoms with Gasteiger partial charge in [-0.15, -0.1) is 0 Å². The highest BCUT2D eigenvalue weighted by Crippen LogP contribution is 2.24. The van der Waals surface area contributed by atoms with Crippen molar-refractivity contribution in [2.24, 2.45) is 5.84 Å². The maximum absolute atomic E-state index is 11.9. The second-order valence-electron chi connectivity index (χ2n) is 4.34. The van der Waals surface area contributed by atoms with Crippen LogP contribution >= 0.6 is 0 Å². The van der Waals surface area contributed by atoms with Crippen LogP contribution in [0.25, 0.3) is 0 Å². The van der Waals surface area contributed by atoms with Crippen LogP contribution in [0.5, 0.6) is 0 Å². The fraction of sp³-hybridized carbons (Fsp3) is 0.500. The van der Waals surface area contributed by atoms with Crippen LogP contribution in [0.4, 0.5) is 11.6 Å². The van der Waals surface area contributed by atoms with Gasteiger partial charge in [-0.25, -0.2) is 10.8 Å². The minimum absolute atomic E-state index is 0.0441. The van der Waals surface area contributed by atoms with Gasteiger partial charge in [0, 0.05) is 13.6 Å². The van der Waals surface area contributed by atoms with Crippen LogP contribution in [-0.4, -0.2) is 30.5 Å². The Hall–Kier alpha value is -1.82. The summed E-state index contributed by atoms with van der Waals surface area (Å²) in [5.74, 6) is 6.80. The lowest BCUT2D eigenvalue weighted by molar-refractivity contribution is -0.122. The van der Waals surface area contributed by atoms with Crippen molar-refractivity contribution in [3.63, 3.8) is 0 Å². The molecule has 1 atom stereocenters. The predicted octanol–water partition coefficient (Wildman–Crippen LogP) is 0.472. The fourth-order valence-electron chi connectivity index (χ4n) is 2.31. The third-order valence-electron chi connectivity index (χ3n) is 3.23. The van der Waals surface area contributed by atoms with Crippen LogP contribution < -0.4 is 21.5 Å². The molecule has 1 aromatic rings. The summed E-state index contributed by atoms with van der Waals surface area (Å²) < 4.78 is 0. The topological polar surface area (TPSA) is 83.3 Å². The lowest BCUT2D eigenvalue weighted by Crippen LogP contribution is -2.49. The summed E-state index contributed by atoms with van der Waals surface area (Å²) in [6.07, 6.45) is 3.01. The molecule has 6 heteroatoms. The van der Waals surface area contributed by atoms with E-state index in [1.165, 1.54) is 0 Å². The van der Waals surface area contributed by atoms with Crippen LogP contribution in [0, 0.1) is 0 Å². The van der Waals surface area contributed by atoms with Gasteiger partial charge in [0.15, 0.2) is 0 Å². The molecule has 1 fully saturated rings. The quantitative estimate of drug-likeness (QED) is 0.536. The summed E-state index contributed by atoms with van der Waals surface area (Å²) in [6, 6.07) is 5.45. The van der Waals surface area contributed by atoms with Crippen LogP contribution in [0.3, 0.4) is 0 Å². The Morgan fingerprint density at radius 3 is 3.06 bits per heavy atom. The first-order valence-electron chi connectivity index (χ1n) is 6.18.